The highest BCUT2D eigenvalue weighted by Gasteiger charge is 2.15. The van der Waals surface area contributed by atoms with E-state index in [1.54, 1.807) is 0 Å². The minimum absolute atomic E-state index is 0.0542. The summed E-state index contributed by atoms with van der Waals surface area (Å²) in [5.41, 5.74) is 1.39. The first kappa shape index (κ1) is 16.5. The number of benzene rings is 1. The van der Waals surface area contributed by atoms with Crippen LogP contribution in [-0.4, -0.2) is 29.7 Å². The van der Waals surface area contributed by atoms with E-state index in [1.807, 2.05) is 45.0 Å². The van der Waals surface area contributed by atoms with Crippen molar-refractivity contribution in [2.24, 2.45) is 0 Å². The van der Waals surface area contributed by atoms with Crippen molar-refractivity contribution < 1.29 is 9.90 Å². The molecule has 1 rings (SSSR count). The molecule has 0 fully saturated rings. The molecule has 0 bridgehead atoms. The van der Waals surface area contributed by atoms with Crippen molar-refractivity contribution in [1.29, 1.82) is 0 Å². The molecule has 0 saturated heterocycles. The standard InChI is InChI=1S/C16H26N2O2/c1-16(2,3)18-15(20)13-8-7-9-14(12-13)17-10-5-4-6-11-19/h7-9,12,17,19H,4-6,10-11H2,1-3H3,(H,18,20). The van der Waals surface area contributed by atoms with E-state index in [-0.39, 0.29) is 18.1 Å². The van der Waals surface area contributed by atoms with Crippen molar-refractivity contribution in [2.75, 3.05) is 18.5 Å². The molecule has 0 unspecified atom stereocenters. The summed E-state index contributed by atoms with van der Waals surface area (Å²) in [6.45, 7) is 7.00. The van der Waals surface area contributed by atoms with Gasteiger partial charge in [-0.2, -0.15) is 0 Å². The van der Waals surface area contributed by atoms with Gasteiger partial charge in [0.2, 0.25) is 0 Å². The molecule has 1 amide bonds. The fourth-order valence-corrected chi connectivity index (χ4v) is 1.83. The minimum atomic E-state index is -0.231. The first-order valence-electron chi connectivity index (χ1n) is 7.20. The van der Waals surface area contributed by atoms with Crippen LogP contribution >= 0.6 is 0 Å². The Morgan fingerprint density at radius 2 is 1.95 bits per heavy atom. The van der Waals surface area contributed by atoms with Crippen molar-refractivity contribution >= 4 is 11.6 Å². The van der Waals surface area contributed by atoms with Gasteiger partial charge in [0, 0.05) is 29.9 Å². The zero-order valence-electron chi connectivity index (χ0n) is 12.7. The van der Waals surface area contributed by atoms with Crippen LogP contribution in [0.1, 0.15) is 50.4 Å². The first-order chi connectivity index (χ1) is 9.42. The van der Waals surface area contributed by atoms with Crippen LogP contribution in [0.5, 0.6) is 0 Å². The predicted molar refractivity (Wildman–Crippen MR) is 83.1 cm³/mol. The van der Waals surface area contributed by atoms with Gasteiger partial charge in [-0.15, -0.1) is 0 Å². The van der Waals surface area contributed by atoms with Gasteiger partial charge in [-0.25, -0.2) is 0 Å². The number of hydrogen-bond acceptors (Lipinski definition) is 3. The highest BCUT2D eigenvalue weighted by Crippen LogP contribution is 2.12. The Bertz CT molecular complexity index is 425. The molecule has 0 aliphatic rings. The molecule has 0 spiro atoms. The molecule has 4 nitrogen and oxygen atoms in total. The lowest BCUT2D eigenvalue weighted by Gasteiger charge is -2.20. The second-order valence-electron chi connectivity index (χ2n) is 6.00. The van der Waals surface area contributed by atoms with Gasteiger partial charge in [0.05, 0.1) is 0 Å². The third-order valence-corrected chi connectivity index (χ3v) is 2.78. The summed E-state index contributed by atoms with van der Waals surface area (Å²) < 4.78 is 0. The number of carbonyl (C=O) groups excluding carboxylic acids is 1. The molecule has 20 heavy (non-hydrogen) atoms. The lowest BCUT2D eigenvalue weighted by atomic mass is 10.1. The van der Waals surface area contributed by atoms with Gasteiger partial charge in [0.15, 0.2) is 0 Å². The van der Waals surface area contributed by atoms with E-state index in [2.05, 4.69) is 10.6 Å². The molecule has 3 N–H and O–H groups in total. The SMILES string of the molecule is CC(C)(C)NC(=O)c1cccc(NCCCCCO)c1. The molecule has 0 atom stereocenters. The predicted octanol–water partition coefficient (Wildman–Crippen LogP) is 2.79. The molecule has 1 aromatic carbocycles. The number of anilines is 1. The maximum Gasteiger partial charge on any atom is 0.251 e. The Balaban J connectivity index is 2.51. The van der Waals surface area contributed by atoms with Crippen molar-refractivity contribution in [3.63, 3.8) is 0 Å². The average Bonchev–Trinajstić information content (AvgIpc) is 2.37. The molecule has 0 aliphatic carbocycles. The largest absolute Gasteiger partial charge is 0.396 e. The fraction of sp³-hybridized carbons (Fsp3) is 0.562. The number of aliphatic hydroxyl groups excluding tert-OH is 1. The van der Waals surface area contributed by atoms with Gasteiger partial charge in [0.25, 0.3) is 5.91 Å². The van der Waals surface area contributed by atoms with Crippen LogP contribution in [0, 0.1) is 0 Å². The molecule has 112 valence electrons. The zero-order valence-corrected chi connectivity index (χ0v) is 12.7. The third kappa shape index (κ3) is 6.57. The summed E-state index contributed by atoms with van der Waals surface area (Å²) in [7, 11) is 0. The van der Waals surface area contributed by atoms with Crippen LogP contribution in [0.25, 0.3) is 0 Å². The Morgan fingerprint density at radius 1 is 1.20 bits per heavy atom. The maximum absolute atomic E-state index is 12.1. The van der Waals surface area contributed by atoms with E-state index >= 15 is 0 Å². The smallest absolute Gasteiger partial charge is 0.251 e. The summed E-state index contributed by atoms with van der Waals surface area (Å²) in [6, 6.07) is 7.53. The molecule has 0 saturated carbocycles. The zero-order chi connectivity index (χ0) is 15.0. The Labute approximate surface area is 121 Å². The molecular weight excluding hydrogens is 252 g/mol. The van der Waals surface area contributed by atoms with Crippen LogP contribution in [0.3, 0.4) is 0 Å². The normalized spacial score (nSPS) is 11.2. The number of aliphatic hydroxyl groups is 1. The Morgan fingerprint density at radius 3 is 2.60 bits per heavy atom. The Kier molecular flexibility index (Phi) is 6.52. The van der Waals surface area contributed by atoms with Gasteiger partial charge >= 0.3 is 0 Å². The number of hydrogen-bond donors (Lipinski definition) is 3. The monoisotopic (exact) mass is 278 g/mol. The fourth-order valence-electron chi connectivity index (χ4n) is 1.83. The summed E-state index contributed by atoms with van der Waals surface area (Å²) in [4.78, 5) is 12.1. The first-order valence-corrected chi connectivity index (χ1v) is 7.20. The van der Waals surface area contributed by atoms with E-state index in [4.69, 9.17) is 5.11 Å². The van der Waals surface area contributed by atoms with Crippen molar-refractivity contribution in [2.45, 2.75) is 45.6 Å². The van der Waals surface area contributed by atoms with Crippen LogP contribution in [0.2, 0.25) is 0 Å². The van der Waals surface area contributed by atoms with Crippen molar-refractivity contribution in [3.8, 4) is 0 Å². The highest BCUT2D eigenvalue weighted by molar-refractivity contribution is 5.95. The lowest BCUT2D eigenvalue weighted by molar-refractivity contribution is 0.0919. The second kappa shape index (κ2) is 7.90. The maximum atomic E-state index is 12.1. The quantitative estimate of drug-likeness (QED) is 0.672. The molecule has 0 aromatic heterocycles. The number of unbranched alkanes of at least 4 members (excludes halogenated alkanes) is 2. The van der Waals surface area contributed by atoms with E-state index in [9.17, 15) is 4.79 Å². The number of rotatable bonds is 7. The summed E-state index contributed by atoms with van der Waals surface area (Å²) in [6.07, 6.45) is 2.86. The molecular formula is C16H26N2O2. The minimum Gasteiger partial charge on any atom is -0.396 e. The number of nitrogens with one attached hydrogen (secondary N) is 2. The Hall–Kier alpha value is -1.55. The van der Waals surface area contributed by atoms with Crippen molar-refractivity contribution in [1.82, 2.24) is 5.32 Å². The molecule has 4 heteroatoms. The van der Waals surface area contributed by atoms with Crippen LogP contribution in [0.15, 0.2) is 24.3 Å². The van der Waals surface area contributed by atoms with E-state index < -0.39 is 0 Å². The van der Waals surface area contributed by atoms with Crippen LogP contribution in [-0.2, 0) is 0 Å². The highest BCUT2D eigenvalue weighted by atomic mass is 16.2. The van der Waals surface area contributed by atoms with Gasteiger partial charge in [-0.1, -0.05) is 6.07 Å². The summed E-state index contributed by atoms with van der Waals surface area (Å²) in [5.74, 6) is -0.0542. The topological polar surface area (TPSA) is 61.4 Å². The van der Waals surface area contributed by atoms with Crippen LogP contribution < -0.4 is 10.6 Å². The van der Waals surface area contributed by atoms with Gasteiger partial charge < -0.3 is 15.7 Å². The second-order valence-corrected chi connectivity index (χ2v) is 6.00. The van der Waals surface area contributed by atoms with E-state index in [0.717, 1.165) is 31.5 Å². The summed E-state index contributed by atoms with van der Waals surface area (Å²) in [5, 5.41) is 15.0. The van der Waals surface area contributed by atoms with E-state index in [0.29, 0.717) is 5.56 Å². The number of carbonyl (C=O) groups is 1. The van der Waals surface area contributed by atoms with Gasteiger partial charge in [0.1, 0.15) is 0 Å². The molecule has 0 aliphatic heterocycles. The number of amides is 1. The molecule has 1 aromatic rings. The molecule has 0 radical (unpaired) electrons. The van der Waals surface area contributed by atoms with Crippen LogP contribution in [0.4, 0.5) is 5.69 Å². The molecule has 0 heterocycles. The lowest BCUT2D eigenvalue weighted by Crippen LogP contribution is -2.40. The van der Waals surface area contributed by atoms with Gasteiger partial charge in [-0.05, 0) is 58.2 Å². The van der Waals surface area contributed by atoms with E-state index in [1.165, 1.54) is 0 Å². The van der Waals surface area contributed by atoms with Gasteiger partial charge in [-0.3, -0.25) is 4.79 Å². The third-order valence-electron chi connectivity index (χ3n) is 2.78. The summed E-state index contributed by atoms with van der Waals surface area (Å²) >= 11 is 0. The average molecular weight is 278 g/mol. The van der Waals surface area contributed by atoms with Crippen molar-refractivity contribution in [3.05, 3.63) is 29.8 Å².